The van der Waals surface area contributed by atoms with Crippen molar-refractivity contribution in [1.29, 1.82) is 0 Å². The summed E-state index contributed by atoms with van der Waals surface area (Å²) in [6.07, 6.45) is 1.74. The number of hydrogen-bond donors (Lipinski definition) is 0. The summed E-state index contributed by atoms with van der Waals surface area (Å²) in [6.45, 7) is 6.70. The van der Waals surface area contributed by atoms with Crippen molar-refractivity contribution in [2.75, 3.05) is 0 Å². The normalized spacial score (nSPS) is 12.4. The Morgan fingerprint density at radius 1 is 0.794 bits per heavy atom. The lowest BCUT2D eigenvalue weighted by molar-refractivity contribution is 0.590. The average molecular weight is 444 g/mol. The summed E-state index contributed by atoms with van der Waals surface area (Å²) >= 11 is 0. The molecule has 0 saturated carbocycles. The monoisotopic (exact) mass is 443 g/mol. The van der Waals surface area contributed by atoms with Crippen LogP contribution >= 0.6 is 0 Å². The summed E-state index contributed by atoms with van der Waals surface area (Å²) in [4.78, 5) is 4.97. The van der Waals surface area contributed by atoms with E-state index in [0.29, 0.717) is 11.6 Å². The lowest BCUT2D eigenvalue weighted by Gasteiger charge is -2.19. The maximum atomic E-state index is 7.91. The van der Waals surface area contributed by atoms with Gasteiger partial charge in [0.25, 0.3) is 0 Å². The Morgan fingerprint density at radius 2 is 1.50 bits per heavy atom. The first kappa shape index (κ1) is 19.4. The highest BCUT2D eigenvalue weighted by atomic mass is 16.3. The first-order valence-electron chi connectivity index (χ1n) is 12.1. The van der Waals surface area contributed by atoms with Crippen molar-refractivity contribution in [2.24, 2.45) is 0 Å². The predicted molar refractivity (Wildman–Crippen MR) is 140 cm³/mol. The number of nitrogens with zero attached hydrogens (tertiary/aromatic N) is 2. The molecular weight excluding hydrogens is 416 g/mol. The van der Waals surface area contributed by atoms with E-state index in [-0.39, 0.29) is 5.41 Å². The van der Waals surface area contributed by atoms with Gasteiger partial charge in [-0.05, 0) is 52.4 Å². The SMILES string of the molecule is [2H]c1ccc2c(-c3nc4ccccc4n3-c3ccc(-c4ccc(C(C)(C)C)cc4)cc3)coc2c1. The molecule has 0 aliphatic carbocycles. The van der Waals surface area contributed by atoms with Crippen molar-refractivity contribution in [3.63, 3.8) is 0 Å². The number of imidazole rings is 1. The highest BCUT2D eigenvalue weighted by Crippen LogP contribution is 2.35. The van der Waals surface area contributed by atoms with Crippen molar-refractivity contribution in [3.8, 4) is 28.2 Å². The van der Waals surface area contributed by atoms with Gasteiger partial charge in [-0.15, -0.1) is 0 Å². The lowest BCUT2D eigenvalue weighted by Crippen LogP contribution is -2.10. The molecule has 0 aliphatic heterocycles. The van der Waals surface area contributed by atoms with Gasteiger partial charge < -0.3 is 4.42 Å². The van der Waals surface area contributed by atoms with E-state index in [0.717, 1.165) is 33.5 Å². The molecular formula is C31H26N2O. The van der Waals surface area contributed by atoms with Gasteiger partial charge in [-0.2, -0.15) is 0 Å². The standard InChI is InChI=1S/C31H26N2O/c1-31(2,3)23-16-12-21(13-17-23)22-14-18-24(19-15-22)33-28-10-6-5-9-27(28)32-30(33)26-20-34-29-11-7-4-8-25(26)29/h4-20H,1-3H3/i7D. The summed E-state index contributed by atoms with van der Waals surface area (Å²) in [5.74, 6) is 0.824. The minimum atomic E-state index is 0.140. The summed E-state index contributed by atoms with van der Waals surface area (Å²) in [6, 6.07) is 31.5. The van der Waals surface area contributed by atoms with E-state index in [4.69, 9.17) is 10.8 Å². The Kier molecular flexibility index (Phi) is 4.41. The van der Waals surface area contributed by atoms with Crippen molar-refractivity contribution in [3.05, 3.63) is 109 Å². The zero-order valence-corrected chi connectivity index (χ0v) is 19.5. The first-order chi connectivity index (χ1) is 16.9. The minimum absolute atomic E-state index is 0.140. The van der Waals surface area contributed by atoms with Crippen LogP contribution in [0, 0.1) is 0 Å². The molecule has 166 valence electrons. The van der Waals surface area contributed by atoms with Crippen LogP contribution < -0.4 is 0 Å². The Balaban J connectivity index is 1.46. The second-order valence-electron chi connectivity index (χ2n) is 9.71. The number of aromatic nitrogens is 2. The molecule has 0 fully saturated rings. The van der Waals surface area contributed by atoms with Crippen LogP contribution in [-0.4, -0.2) is 9.55 Å². The van der Waals surface area contributed by atoms with Gasteiger partial charge in [0.05, 0.1) is 18.0 Å². The molecule has 34 heavy (non-hydrogen) atoms. The second kappa shape index (κ2) is 7.74. The van der Waals surface area contributed by atoms with Crippen LogP contribution in [-0.2, 0) is 5.41 Å². The number of fused-ring (bicyclic) bond motifs is 2. The number of furan rings is 1. The van der Waals surface area contributed by atoms with E-state index in [9.17, 15) is 0 Å². The first-order valence-corrected chi connectivity index (χ1v) is 11.6. The van der Waals surface area contributed by atoms with E-state index in [1.807, 2.05) is 24.3 Å². The second-order valence-corrected chi connectivity index (χ2v) is 9.71. The molecule has 0 unspecified atom stereocenters. The summed E-state index contributed by atoms with van der Waals surface area (Å²) in [5.41, 5.74) is 8.46. The fourth-order valence-electron chi connectivity index (χ4n) is 4.53. The zero-order chi connectivity index (χ0) is 24.2. The molecule has 0 spiro atoms. The van der Waals surface area contributed by atoms with Gasteiger partial charge in [-0.25, -0.2) is 4.98 Å². The molecule has 2 heterocycles. The van der Waals surface area contributed by atoms with Crippen molar-refractivity contribution in [2.45, 2.75) is 26.2 Å². The average Bonchev–Trinajstić information content (AvgIpc) is 3.44. The van der Waals surface area contributed by atoms with Gasteiger partial charge in [0.2, 0.25) is 0 Å². The molecule has 3 nitrogen and oxygen atoms in total. The Morgan fingerprint density at radius 3 is 2.24 bits per heavy atom. The largest absolute Gasteiger partial charge is 0.464 e. The maximum absolute atomic E-state index is 7.91. The molecule has 0 amide bonds. The number of benzene rings is 4. The Labute approximate surface area is 200 Å². The molecule has 4 aromatic carbocycles. The van der Waals surface area contributed by atoms with Crippen LogP contribution in [0.25, 0.3) is 50.2 Å². The predicted octanol–water partition coefficient (Wildman–Crippen LogP) is 8.40. The van der Waals surface area contributed by atoms with Gasteiger partial charge >= 0.3 is 0 Å². The van der Waals surface area contributed by atoms with Gasteiger partial charge in [-0.3, -0.25) is 4.57 Å². The summed E-state index contributed by atoms with van der Waals surface area (Å²) < 4.78 is 15.9. The highest BCUT2D eigenvalue weighted by Gasteiger charge is 2.18. The number of hydrogen-bond acceptors (Lipinski definition) is 2. The third-order valence-corrected chi connectivity index (χ3v) is 6.43. The Bertz CT molecular complexity index is 1670. The molecule has 0 bridgehead atoms. The summed E-state index contributed by atoms with van der Waals surface area (Å²) in [5, 5.41) is 0.952. The minimum Gasteiger partial charge on any atom is -0.464 e. The van der Waals surface area contributed by atoms with E-state index in [1.54, 1.807) is 18.4 Å². The molecule has 2 aromatic heterocycles. The molecule has 0 aliphatic rings. The highest BCUT2D eigenvalue weighted by molar-refractivity contribution is 5.95. The smallest absolute Gasteiger partial charge is 0.149 e. The van der Waals surface area contributed by atoms with E-state index in [2.05, 4.69) is 79.9 Å². The van der Waals surface area contributed by atoms with E-state index in [1.165, 1.54) is 16.7 Å². The molecule has 0 radical (unpaired) electrons. The van der Waals surface area contributed by atoms with Gasteiger partial charge in [0.15, 0.2) is 0 Å². The van der Waals surface area contributed by atoms with Crippen LogP contribution in [0.2, 0.25) is 0 Å². The fraction of sp³-hybridized carbons (Fsp3) is 0.129. The van der Waals surface area contributed by atoms with Crippen LogP contribution in [0.15, 0.2) is 108 Å². The molecule has 6 aromatic rings. The number of para-hydroxylation sites is 3. The molecule has 0 saturated heterocycles. The third kappa shape index (κ3) is 3.41. The Hall–Kier alpha value is -4.11. The zero-order valence-electron chi connectivity index (χ0n) is 20.5. The van der Waals surface area contributed by atoms with Crippen LogP contribution in [0.4, 0.5) is 0 Å². The lowest BCUT2D eigenvalue weighted by atomic mass is 9.86. The number of rotatable bonds is 3. The van der Waals surface area contributed by atoms with Crippen molar-refractivity contribution < 1.29 is 5.79 Å². The van der Waals surface area contributed by atoms with Crippen molar-refractivity contribution in [1.82, 2.24) is 9.55 Å². The quantitative estimate of drug-likeness (QED) is 0.275. The molecule has 3 heteroatoms. The summed E-state index contributed by atoms with van der Waals surface area (Å²) in [7, 11) is 0. The maximum Gasteiger partial charge on any atom is 0.149 e. The van der Waals surface area contributed by atoms with Crippen LogP contribution in [0.3, 0.4) is 0 Å². The van der Waals surface area contributed by atoms with Crippen molar-refractivity contribution >= 4 is 22.0 Å². The molecule has 0 atom stereocenters. The fourth-order valence-corrected chi connectivity index (χ4v) is 4.53. The van der Waals surface area contributed by atoms with Crippen LogP contribution in [0.1, 0.15) is 27.7 Å². The van der Waals surface area contributed by atoms with Gasteiger partial charge in [-0.1, -0.05) is 87.5 Å². The van der Waals surface area contributed by atoms with E-state index >= 15 is 0 Å². The molecule has 6 rings (SSSR count). The van der Waals surface area contributed by atoms with E-state index < -0.39 is 0 Å². The molecule has 0 N–H and O–H groups in total. The third-order valence-electron chi connectivity index (χ3n) is 6.43. The van der Waals surface area contributed by atoms with Gasteiger partial charge in [0, 0.05) is 11.1 Å². The van der Waals surface area contributed by atoms with Gasteiger partial charge in [0.1, 0.15) is 17.7 Å². The van der Waals surface area contributed by atoms with Crippen LogP contribution in [0.5, 0.6) is 0 Å². The topological polar surface area (TPSA) is 31.0 Å².